The van der Waals surface area contributed by atoms with Crippen molar-refractivity contribution < 1.29 is 9.59 Å². The second kappa shape index (κ2) is 13.4. The zero-order valence-electron chi connectivity index (χ0n) is 21.8. The van der Waals surface area contributed by atoms with Gasteiger partial charge in [-0.3, -0.25) is 9.59 Å². The molecule has 0 fully saturated rings. The Hall–Kier alpha value is -2.47. The Morgan fingerprint density at radius 2 is 1.54 bits per heavy atom. The molecule has 0 bridgehead atoms. The van der Waals surface area contributed by atoms with Crippen molar-refractivity contribution in [1.82, 2.24) is 10.2 Å². The molecule has 1 atom stereocenters. The van der Waals surface area contributed by atoms with E-state index in [-0.39, 0.29) is 17.6 Å². The summed E-state index contributed by atoms with van der Waals surface area (Å²) in [5.41, 5.74) is 3.45. The minimum Gasteiger partial charge on any atom is -0.350 e. The molecule has 196 valence electrons. The van der Waals surface area contributed by atoms with E-state index in [2.05, 4.69) is 11.4 Å². The lowest BCUT2D eigenvalue weighted by Gasteiger charge is -2.34. The summed E-state index contributed by atoms with van der Waals surface area (Å²) >= 11 is 14.1. The SMILES string of the molecule is Cc1cccc(CN(C(=O)CSCc2c(Cl)cccc2Cl)C(Cc2ccccc2)C(=O)NC(C)(C)C)c1. The van der Waals surface area contributed by atoms with Crippen LogP contribution in [0.1, 0.15) is 43.0 Å². The Bertz CT molecular complexity index is 1190. The summed E-state index contributed by atoms with van der Waals surface area (Å²) in [7, 11) is 0. The van der Waals surface area contributed by atoms with E-state index in [1.807, 2.05) is 76.2 Å². The van der Waals surface area contributed by atoms with E-state index in [1.54, 1.807) is 23.1 Å². The average Bonchev–Trinajstić information content (AvgIpc) is 2.82. The van der Waals surface area contributed by atoms with Crippen molar-refractivity contribution in [1.29, 1.82) is 0 Å². The fourth-order valence-corrected chi connectivity index (χ4v) is 5.65. The van der Waals surface area contributed by atoms with Crippen molar-refractivity contribution in [3.8, 4) is 0 Å². The van der Waals surface area contributed by atoms with Crippen molar-refractivity contribution in [3.63, 3.8) is 0 Å². The molecule has 0 aliphatic heterocycles. The molecule has 37 heavy (non-hydrogen) atoms. The highest BCUT2D eigenvalue weighted by Crippen LogP contribution is 2.28. The van der Waals surface area contributed by atoms with Crippen molar-refractivity contribution in [3.05, 3.63) is 105 Å². The number of carbonyl (C=O) groups is 2. The van der Waals surface area contributed by atoms with Crippen LogP contribution < -0.4 is 5.32 Å². The van der Waals surface area contributed by atoms with Crippen LogP contribution in [0.4, 0.5) is 0 Å². The fraction of sp³-hybridized carbons (Fsp3) is 0.333. The van der Waals surface area contributed by atoms with Gasteiger partial charge in [0.15, 0.2) is 0 Å². The summed E-state index contributed by atoms with van der Waals surface area (Å²) in [6.07, 6.45) is 0.418. The molecular weight excluding hydrogens is 523 g/mol. The predicted octanol–water partition coefficient (Wildman–Crippen LogP) is 7.09. The van der Waals surface area contributed by atoms with Gasteiger partial charge in [0.2, 0.25) is 11.8 Å². The first-order valence-electron chi connectivity index (χ1n) is 12.2. The maximum atomic E-state index is 13.8. The first-order chi connectivity index (χ1) is 17.5. The molecule has 0 saturated heterocycles. The molecule has 3 rings (SSSR count). The van der Waals surface area contributed by atoms with Crippen LogP contribution in [0.2, 0.25) is 10.0 Å². The van der Waals surface area contributed by atoms with Gasteiger partial charge in [0, 0.05) is 34.3 Å². The fourth-order valence-electron chi connectivity index (χ4n) is 4.01. The first-order valence-corrected chi connectivity index (χ1v) is 14.2. The summed E-state index contributed by atoms with van der Waals surface area (Å²) in [5, 5.41) is 4.25. The predicted molar refractivity (Wildman–Crippen MR) is 156 cm³/mol. The van der Waals surface area contributed by atoms with Gasteiger partial charge in [-0.2, -0.15) is 0 Å². The van der Waals surface area contributed by atoms with Crippen LogP contribution in [-0.4, -0.2) is 34.0 Å². The largest absolute Gasteiger partial charge is 0.350 e. The van der Waals surface area contributed by atoms with Crippen molar-refractivity contribution in [2.45, 2.75) is 58.0 Å². The maximum Gasteiger partial charge on any atom is 0.243 e. The number of carbonyl (C=O) groups excluding carboxylic acids is 2. The number of hydrogen-bond donors (Lipinski definition) is 1. The van der Waals surface area contributed by atoms with Crippen LogP contribution in [0, 0.1) is 6.92 Å². The second-order valence-electron chi connectivity index (χ2n) is 10.1. The van der Waals surface area contributed by atoms with Crippen LogP contribution in [0.25, 0.3) is 0 Å². The monoisotopic (exact) mass is 556 g/mol. The molecule has 0 aliphatic rings. The number of rotatable bonds is 10. The molecule has 3 aromatic carbocycles. The molecule has 0 spiro atoms. The van der Waals surface area contributed by atoms with Gasteiger partial charge in [0.05, 0.1) is 5.75 Å². The number of nitrogens with zero attached hydrogens (tertiary/aromatic N) is 1. The van der Waals surface area contributed by atoms with Gasteiger partial charge in [-0.15, -0.1) is 11.8 Å². The van der Waals surface area contributed by atoms with Gasteiger partial charge < -0.3 is 10.2 Å². The summed E-state index contributed by atoms with van der Waals surface area (Å²) in [6, 6.07) is 22.6. The van der Waals surface area contributed by atoms with Crippen molar-refractivity contribution >= 4 is 46.8 Å². The molecule has 1 unspecified atom stereocenters. The number of benzene rings is 3. The molecule has 0 heterocycles. The summed E-state index contributed by atoms with van der Waals surface area (Å²) < 4.78 is 0. The smallest absolute Gasteiger partial charge is 0.243 e. The van der Waals surface area contributed by atoms with Gasteiger partial charge >= 0.3 is 0 Å². The first kappa shape index (κ1) is 29.1. The number of thioether (sulfide) groups is 1. The number of amides is 2. The lowest BCUT2D eigenvalue weighted by atomic mass is 10.0. The highest BCUT2D eigenvalue weighted by Gasteiger charge is 2.32. The zero-order valence-corrected chi connectivity index (χ0v) is 24.1. The quantitative estimate of drug-likeness (QED) is 0.290. The highest BCUT2D eigenvalue weighted by atomic mass is 35.5. The maximum absolute atomic E-state index is 13.8. The van der Waals surface area contributed by atoms with Gasteiger partial charge in [-0.25, -0.2) is 0 Å². The Labute approximate surface area is 234 Å². The summed E-state index contributed by atoms with van der Waals surface area (Å²) in [6.45, 7) is 8.19. The van der Waals surface area contributed by atoms with Crippen molar-refractivity contribution in [2.24, 2.45) is 0 Å². The standard InChI is InChI=1S/C30H34Cl2N2O2S/c1-21-10-8-13-23(16-21)18-34(28(35)20-37-19-24-25(31)14-9-15-26(24)32)27(29(36)33-30(2,3)4)17-22-11-6-5-7-12-22/h5-16,27H,17-20H2,1-4H3,(H,33,36). The van der Waals surface area contributed by atoms with E-state index in [9.17, 15) is 9.59 Å². The Kier molecular flexibility index (Phi) is 10.5. The Morgan fingerprint density at radius 1 is 0.919 bits per heavy atom. The molecule has 0 radical (unpaired) electrons. The van der Waals surface area contributed by atoms with Crippen LogP contribution in [0.3, 0.4) is 0 Å². The molecule has 0 aliphatic carbocycles. The minimum absolute atomic E-state index is 0.111. The van der Waals surface area contributed by atoms with Gasteiger partial charge in [-0.1, -0.05) is 89.4 Å². The number of aryl methyl sites for hydroxylation is 1. The minimum atomic E-state index is -0.667. The molecule has 0 saturated carbocycles. The number of halogens is 2. The van der Waals surface area contributed by atoms with Crippen molar-refractivity contribution in [2.75, 3.05) is 5.75 Å². The third-order valence-electron chi connectivity index (χ3n) is 5.74. The van der Waals surface area contributed by atoms with E-state index in [1.165, 1.54) is 11.8 Å². The Morgan fingerprint density at radius 3 is 2.16 bits per heavy atom. The zero-order chi connectivity index (χ0) is 27.0. The van der Waals surface area contributed by atoms with E-state index in [0.29, 0.717) is 28.8 Å². The number of hydrogen-bond acceptors (Lipinski definition) is 3. The molecule has 0 aromatic heterocycles. The van der Waals surface area contributed by atoms with Crippen LogP contribution in [0.5, 0.6) is 0 Å². The second-order valence-corrected chi connectivity index (χ2v) is 11.9. The molecule has 3 aromatic rings. The van der Waals surface area contributed by atoms with Crippen LogP contribution in [0.15, 0.2) is 72.8 Å². The van der Waals surface area contributed by atoms with E-state index < -0.39 is 11.6 Å². The van der Waals surface area contributed by atoms with Gasteiger partial charge in [0.25, 0.3) is 0 Å². The van der Waals surface area contributed by atoms with E-state index in [4.69, 9.17) is 23.2 Å². The topological polar surface area (TPSA) is 49.4 Å². The number of nitrogens with one attached hydrogen (secondary N) is 1. The van der Waals surface area contributed by atoms with E-state index in [0.717, 1.165) is 22.3 Å². The van der Waals surface area contributed by atoms with Gasteiger partial charge in [0.1, 0.15) is 6.04 Å². The molecule has 1 N–H and O–H groups in total. The van der Waals surface area contributed by atoms with Gasteiger partial charge in [-0.05, 0) is 56.5 Å². The molecule has 7 heteroatoms. The van der Waals surface area contributed by atoms with E-state index >= 15 is 0 Å². The summed E-state index contributed by atoms with van der Waals surface area (Å²) in [4.78, 5) is 29.1. The summed E-state index contributed by atoms with van der Waals surface area (Å²) in [5.74, 6) is 0.415. The highest BCUT2D eigenvalue weighted by molar-refractivity contribution is 7.99. The third-order valence-corrected chi connectivity index (χ3v) is 7.39. The molecule has 2 amide bonds. The average molecular weight is 558 g/mol. The lowest BCUT2D eigenvalue weighted by Crippen LogP contribution is -2.54. The Balaban J connectivity index is 1.89. The van der Waals surface area contributed by atoms with Crippen LogP contribution in [-0.2, 0) is 28.3 Å². The molecule has 4 nitrogen and oxygen atoms in total. The lowest BCUT2D eigenvalue weighted by molar-refractivity contribution is -0.140. The normalized spacial score (nSPS) is 12.2. The third kappa shape index (κ3) is 9.10. The molecular formula is C30H34Cl2N2O2S. The van der Waals surface area contributed by atoms with Crippen LogP contribution >= 0.6 is 35.0 Å².